The number of rotatable bonds is 6. The molecule has 0 radical (unpaired) electrons. The molecule has 0 saturated carbocycles. The van der Waals surface area contributed by atoms with Crippen LogP contribution in [0.1, 0.15) is 28.0 Å². The van der Waals surface area contributed by atoms with Gasteiger partial charge in [0.05, 0.1) is 22.8 Å². The number of carbonyl (C=O) groups excluding carboxylic acids is 2. The number of aliphatic hydroxyl groups is 1. The summed E-state index contributed by atoms with van der Waals surface area (Å²) in [4.78, 5) is 23.8. The van der Waals surface area contributed by atoms with Crippen molar-refractivity contribution in [1.82, 2.24) is 14.7 Å². The lowest BCUT2D eigenvalue weighted by Crippen LogP contribution is -2.21. The predicted octanol–water partition coefficient (Wildman–Crippen LogP) is 1.19. The number of amides is 2. The Kier molecular flexibility index (Phi) is 6.11. The average Bonchev–Trinajstić information content (AvgIpc) is 3.15. The third-order valence-electron chi connectivity index (χ3n) is 4.45. The summed E-state index contributed by atoms with van der Waals surface area (Å²) >= 11 is 0. The molecular weight excluding hydrogens is 382 g/mol. The van der Waals surface area contributed by atoms with Crippen molar-refractivity contribution in [2.75, 3.05) is 13.6 Å². The molecule has 3 N–H and O–H groups in total. The minimum absolute atomic E-state index is 0.112. The van der Waals surface area contributed by atoms with Crippen molar-refractivity contribution in [1.29, 1.82) is 5.26 Å². The number of fused-ring (bicyclic) bond motifs is 1. The number of nitriles is 1. The zero-order chi connectivity index (χ0) is 21.7. The van der Waals surface area contributed by atoms with E-state index < -0.39 is 12.0 Å². The maximum Gasteiger partial charge on any atom is 0.269 e. The Morgan fingerprint density at radius 2 is 2.13 bits per heavy atom. The van der Waals surface area contributed by atoms with Crippen LogP contribution in [0.15, 0.2) is 42.5 Å². The Balaban J connectivity index is 1.96. The molecule has 8 heteroatoms. The molecule has 0 spiro atoms. The predicted molar refractivity (Wildman–Crippen MR) is 110 cm³/mol. The van der Waals surface area contributed by atoms with E-state index in [4.69, 9.17) is 5.73 Å². The summed E-state index contributed by atoms with van der Waals surface area (Å²) in [6.45, 7) is 0.399. The molecule has 0 aliphatic carbocycles. The van der Waals surface area contributed by atoms with E-state index in [-0.39, 0.29) is 5.69 Å². The lowest BCUT2D eigenvalue weighted by atomic mass is 10.1. The molecule has 2 aromatic carbocycles. The van der Waals surface area contributed by atoms with Gasteiger partial charge in [0.2, 0.25) is 6.41 Å². The summed E-state index contributed by atoms with van der Waals surface area (Å²) in [5, 5.41) is 24.1. The summed E-state index contributed by atoms with van der Waals surface area (Å²) in [7, 11) is 1.63. The molecule has 0 fully saturated rings. The average molecular weight is 401 g/mol. The van der Waals surface area contributed by atoms with E-state index >= 15 is 0 Å². The number of hydrogen-bond donors (Lipinski definition) is 2. The van der Waals surface area contributed by atoms with Gasteiger partial charge in [-0.05, 0) is 36.4 Å². The third kappa shape index (κ3) is 4.46. The molecule has 2 amide bonds. The van der Waals surface area contributed by atoms with Gasteiger partial charge in [0.1, 0.15) is 6.10 Å². The lowest BCUT2D eigenvalue weighted by Gasteiger charge is -2.10. The van der Waals surface area contributed by atoms with Crippen LogP contribution in [0.2, 0.25) is 0 Å². The zero-order valence-electron chi connectivity index (χ0n) is 16.2. The summed E-state index contributed by atoms with van der Waals surface area (Å²) in [5.41, 5.74) is 7.84. The molecular formula is C22H19N5O3. The van der Waals surface area contributed by atoms with Crippen LogP contribution in [0.5, 0.6) is 0 Å². The molecule has 1 heterocycles. The third-order valence-corrected chi connectivity index (χ3v) is 4.45. The van der Waals surface area contributed by atoms with Crippen LogP contribution in [0.4, 0.5) is 0 Å². The van der Waals surface area contributed by atoms with Crippen LogP contribution < -0.4 is 5.73 Å². The highest BCUT2D eigenvalue weighted by molar-refractivity contribution is 6.04. The number of carbonyl (C=O) groups is 2. The minimum Gasteiger partial charge on any atom is -0.380 e. The summed E-state index contributed by atoms with van der Waals surface area (Å²) in [6.07, 6.45) is 0.155. The fourth-order valence-corrected chi connectivity index (χ4v) is 2.90. The maximum atomic E-state index is 11.8. The van der Waals surface area contributed by atoms with E-state index in [1.807, 2.05) is 0 Å². The van der Waals surface area contributed by atoms with Crippen molar-refractivity contribution in [3.8, 4) is 23.6 Å². The van der Waals surface area contributed by atoms with Gasteiger partial charge in [0, 0.05) is 31.0 Å². The maximum absolute atomic E-state index is 11.8. The molecule has 0 aliphatic heterocycles. The molecule has 3 aromatic rings. The SMILES string of the molecule is CN(C=O)CCC(O)C#Cc1cccc(-n2nc(C(N)=O)c3ccc(C#N)cc32)c1. The van der Waals surface area contributed by atoms with Gasteiger partial charge in [-0.25, -0.2) is 4.68 Å². The molecule has 3 rings (SSSR count). The molecule has 1 unspecified atom stereocenters. The smallest absolute Gasteiger partial charge is 0.269 e. The first-order valence-electron chi connectivity index (χ1n) is 9.11. The van der Waals surface area contributed by atoms with Crippen LogP contribution >= 0.6 is 0 Å². The normalized spacial score (nSPS) is 11.2. The van der Waals surface area contributed by atoms with Gasteiger partial charge in [0.25, 0.3) is 5.91 Å². The van der Waals surface area contributed by atoms with Gasteiger partial charge in [-0.15, -0.1) is 0 Å². The summed E-state index contributed by atoms with van der Waals surface area (Å²) in [5.74, 6) is 4.99. The molecule has 0 aliphatic rings. The van der Waals surface area contributed by atoms with Crippen LogP contribution in [0.3, 0.4) is 0 Å². The Morgan fingerprint density at radius 1 is 1.33 bits per heavy atom. The van der Waals surface area contributed by atoms with Crippen LogP contribution in [0.25, 0.3) is 16.6 Å². The number of aromatic nitrogens is 2. The van der Waals surface area contributed by atoms with Crippen molar-refractivity contribution in [2.45, 2.75) is 12.5 Å². The van der Waals surface area contributed by atoms with Crippen LogP contribution in [-0.2, 0) is 4.79 Å². The minimum atomic E-state index is -0.874. The molecule has 0 saturated heterocycles. The Hall–Kier alpha value is -4.14. The summed E-state index contributed by atoms with van der Waals surface area (Å²) < 4.78 is 1.54. The second kappa shape index (κ2) is 8.91. The first-order chi connectivity index (χ1) is 14.4. The van der Waals surface area contributed by atoms with E-state index in [0.29, 0.717) is 47.1 Å². The second-order valence-electron chi connectivity index (χ2n) is 6.68. The van der Waals surface area contributed by atoms with Gasteiger partial charge in [-0.2, -0.15) is 10.4 Å². The second-order valence-corrected chi connectivity index (χ2v) is 6.68. The van der Waals surface area contributed by atoms with Gasteiger partial charge < -0.3 is 15.7 Å². The van der Waals surface area contributed by atoms with Gasteiger partial charge in [-0.3, -0.25) is 9.59 Å². The zero-order valence-corrected chi connectivity index (χ0v) is 16.2. The van der Waals surface area contributed by atoms with Crippen molar-refractivity contribution >= 4 is 23.2 Å². The molecule has 1 atom stereocenters. The molecule has 8 nitrogen and oxygen atoms in total. The number of nitrogens with zero attached hydrogens (tertiary/aromatic N) is 4. The van der Waals surface area contributed by atoms with Gasteiger partial charge >= 0.3 is 0 Å². The van der Waals surface area contributed by atoms with Crippen LogP contribution in [0, 0.1) is 23.2 Å². The first kappa shape index (κ1) is 20.6. The van der Waals surface area contributed by atoms with Crippen molar-refractivity contribution in [2.24, 2.45) is 5.73 Å². The highest BCUT2D eigenvalue weighted by Gasteiger charge is 2.16. The number of primary amides is 1. The Morgan fingerprint density at radius 3 is 2.83 bits per heavy atom. The highest BCUT2D eigenvalue weighted by atomic mass is 16.3. The fraction of sp³-hybridized carbons (Fsp3) is 0.182. The van der Waals surface area contributed by atoms with Crippen molar-refractivity contribution < 1.29 is 14.7 Å². The highest BCUT2D eigenvalue weighted by Crippen LogP contribution is 2.23. The topological polar surface area (TPSA) is 125 Å². The monoisotopic (exact) mass is 401 g/mol. The van der Waals surface area contributed by atoms with Crippen LogP contribution in [-0.4, -0.2) is 51.8 Å². The molecule has 0 bridgehead atoms. The number of aliphatic hydroxyl groups excluding tert-OH is 1. The quantitative estimate of drug-likeness (QED) is 0.474. The fourth-order valence-electron chi connectivity index (χ4n) is 2.90. The molecule has 150 valence electrons. The van der Waals surface area contributed by atoms with Crippen molar-refractivity contribution in [3.63, 3.8) is 0 Å². The molecule has 30 heavy (non-hydrogen) atoms. The largest absolute Gasteiger partial charge is 0.380 e. The Labute approximate surface area is 173 Å². The summed E-state index contributed by atoms with van der Waals surface area (Å²) in [6, 6.07) is 14.1. The van der Waals surface area contributed by atoms with E-state index in [1.165, 1.54) is 9.58 Å². The van der Waals surface area contributed by atoms with E-state index in [0.717, 1.165) is 0 Å². The number of hydrogen-bond acceptors (Lipinski definition) is 5. The standard InChI is InChI=1S/C22H19N5O3/c1-26(14-28)10-9-18(29)7-5-15-3-2-4-17(11-15)27-20-12-16(13-23)6-8-19(20)21(25-27)22(24)30/h2-4,6,8,11-12,14,18,29H,9-10H2,1H3,(H2,24,30). The number of nitrogens with two attached hydrogens (primary N) is 1. The molecule has 1 aromatic heterocycles. The van der Waals surface area contributed by atoms with E-state index in [2.05, 4.69) is 23.0 Å². The lowest BCUT2D eigenvalue weighted by molar-refractivity contribution is -0.117. The van der Waals surface area contributed by atoms with E-state index in [1.54, 1.807) is 49.5 Å². The van der Waals surface area contributed by atoms with Gasteiger partial charge in [-0.1, -0.05) is 17.9 Å². The first-order valence-corrected chi connectivity index (χ1v) is 9.11. The Bertz CT molecular complexity index is 1210. The van der Waals surface area contributed by atoms with Gasteiger partial charge in [0.15, 0.2) is 5.69 Å². The number of benzene rings is 2. The van der Waals surface area contributed by atoms with Crippen molar-refractivity contribution in [3.05, 3.63) is 59.3 Å². The van der Waals surface area contributed by atoms with E-state index in [9.17, 15) is 20.0 Å².